The summed E-state index contributed by atoms with van der Waals surface area (Å²) >= 11 is 0. The minimum Gasteiger partial charge on any atom is -0.316 e. The summed E-state index contributed by atoms with van der Waals surface area (Å²) in [5, 5.41) is 0. The average molecular weight is 492 g/mol. The Labute approximate surface area is 224 Å². The van der Waals surface area contributed by atoms with E-state index in [1.807, 2.05) is 30.3 Å². The maximum absolute atomic E-state index is 4.77. The number of hydrogen-bond acceptors (Lipinski definition) is 2. The molecular formula is C35H29N3. The van der Waals surface area contributed by atoms with E-state index in [0.717, 1.165) is 34.5 Å². The SMILES string of the molecule is C=NC(=NCc1cccc(N2/C=C(C)\C=C3\Cc4ccccc4-c4cccc2c4C3=C)c1)c1ccccc1. The van der Waals surface area contributed by atoms with Gasteiger partial charge in [-0.1, -0.05) is 91.5 Å². The van der Waals surface area contributed by atoms with E-state index < -0.39 is 0 Å². The molecule has 2 aliphatic rings. The van der Waals surface area contributed by atoms with Crippen LogP contribution in [0, 0.1) is 0 Å². The average Bonchev–Trinajstić information content (AvgIpc) is 3.07. The number of hydrogen-bond donors (Lipinski definition) is 0. The summed E-state index contributed by atoms with van der Waals surface area (Å²) in [5.74, 6) is 0.652. The highest BCUT2D eigenvalue weighted by atomic mass is 15.1. The molecule has 0 N–H and O–H groups in total. The smallest absolute Gasteiger partial charge is 0.154 e. The Morgan fingerprint density at radius 3 is 2.47 bits per heavy atom. The number of anilines is 2. The first-order valence-electron chi connectivity index (χ1n) is 12.9. The summed E-state index contributed by atoms with van der Waals surface area (Å²) in [4.78, 5) is 11.2. The van der Waals surface area contributed by atoms with Crippen molar-refractivity contribution in [3.63, 3.8) is 0 Å². The van der Waals surface area contributed by atoms with E-state index >= 15 is 0 Å². The topological polar surface area (TPSA) is 28.0 Å². The fourth-order valence-corrected chi connectivity index (χ4v) is 5.42. The van der Waals surface area contributed by atoms with Crippen LogP contribution in [0.25, 0.3) is 16.7 Å². The molecular weight excluding hydrogens is 462 g/mol. The Morgan fingerprint density at radius 1 is 0.868 bits per heavy atom. The molecule has 0 radical (unpaired) electrons. The quantitative estimate of drug-likeness (QED) is 0.208. The van der Waals surface area contributed by atoms with E-state index in [9.17, 15) is 0 Å². The predicted molar refractivity (Wildman–Crippen MR) is 161 cm³/mol. The van der Waals surface area contributed by atoms with E-state index in [1.54, 1.807) is 0 Å². The van der Waals surface area contributed by atoms with Gasteiger partial charge in [0, 0.05) is 23.0 Å². The number of benzene rings is 4. The van der Waals surface area contributed by atoms with Gasteiger partial charge in [-0.2, -0.15) is 0 Å². The molecule has 4 aromatic carbocycles. The van der Waals surface area contributed by atoms with Crippen LogP contribution in [0.5, 0.6) is 0 Å². The number of nitrogens with zero attached hydrogens (tertiary/aromatic N) is 3. The van der Waals surface area contributed by atoms with Gasteiger partial charge in [0.1, 0.15) is 0 Å². The van der Waals surface area contributed by atoms with E-state index in [4.69, 9.17) is 4.99 Å². The lowest BCUT2D eigenvalue weighted by Crippen LogP contribution is -2.14. The van der Waals surface area contributed by atoms with Gasteiger partial charge in [-0.05, 0) is 77.2 Å². The second-order valence-corrected chi connectivity index (χ2v) is 9.76. The van der Waals surface area contributed by atoms with Gasteiger partial charge >= 0.3 is 0 Å². The Bertz CT molecular complexity index is 1650. The normalized spacial score (nSPS) is 17.2. The molecule has 1 aliphatic carbocycles. The molecule has 0 amide bonds. The van der Waals surface area contributed by atoms with Gasteiger partial charge in [-0.25, -0.2) is 4.99 Å². The molecule has 0 saturated heterocycles. The highest BCUT2D eigenvalue weighted by Gasteiger charge is 2.26. The summed E-state index contributed by atoms with van der Waals surface area (Å²) in [7, 11) is 0. The summed E-state index contributed by atoms with van der Waals surface area (Å²) < 4.78 is 0. The van der Waals surface area contributed by atoms with Gasteiger partial charge < -0.3 is 4.90 Å². The molecule has 1 aliphatic heterocycles. The number of fused-ring (bicyclic) bond motifs is 3. The molecule has 3 nitrogen and oxygen atoms in total. The number of allylic oxidation sites excluding steroid dienone is 4. The third-order valence-corrected chi connectivity index (χ3v) is 7.20. The monoisotopic (exact) mass is 491 g/mol. The molecule has 38 heavy (non-hydrogen) atoms. The van der Waals surface area contributed by atoms with Crippen molar-refractivity contribution in [3.05, 3.63) is 149 Å². The molecule has 3 heteroatoms. The third-order valence-electron chi connectivity index (χ3n) is 7.20. The summed E-state index contributed by atoms with van der Waals surface area (Å²) in [5.41, 5.74) is 12.9. The van der Waals surface area contributed by atoms with E-state index in [1.165, 1.54) is 33.4 Å². The van der Waals surface area contributed by atoms with Crippen LogP contribution in [0.4, 0.5) is 11.4 Å². The molecule has 184 valence electrons. The van der Waals surface area contributed by atoms with Crippen molar-refractivity contribution >= 4 is 29.5 Å². The van der Waals surface area contributed by atoms with Crippen LogP contribution in [-0.4, -0.2) is 12.6 Å². The van der Waals surface area contributed by atoms with Crippen LogP contribution >= 0.6 is 0 Å². The van der Waals surface area contributed by atoms with Crippen LogP contribution in [-0.2, 0) is 13.0 Å². The van der Waals surface area contributed by atoms with Crippen LogP contribution in [0.2, 0.25) is 0 Å². The van der Waals surface area contributed by atoms with Crippen molar-refractivity contribution in [2.45, 2.75) is 19.9 Å². The zero-order chi connectivity index (χ0) is 26.1. The lowest BCUT2D eigenvalue weighted by atomic mass is 9.90. The molecule has 0 saturated carbocycles. The maximum Gasteiger partial charge on any atom is 0.154 e. The number of aliphatic imine (C=N–C) groups is 2. The molecule has 4 aromatic rings. The predicted octanol–water partition coefficient (Wildman–Crippen LogP) is 8.55. The lowest BCUT2D eigenvalue weighted by Gasteiger charge is -2.28. The summed E-state index contributed by atoms with van der Waals surface area (Å²) in [6.45, 7) is 11.0. The standard InChI is InChI=1S/C35H29N3/c1-24-19-29-21-28-14-7-8-16-31(28)32-17-10-18-33(34(32)25(29)2)38(23-24)30-15-9-11-26(20-30)22-37-35(36-3)27-12-5-4-6-13-27/h4-20,23H,2-3,21-22H2,1H3/b24-23-,29-19-,37-35?. The van der Waals surface area contributed by atoms with E-state index in [-0.39, 0.29) is 0 Å². The molecule has 2 bridgehead atoms. The molecule has 0 fully saturated rings. The van der Waals surface area contributed by atoms with Crippen LogP contribution in [0.1, 0.15) is 29.2 Å². The van der Waals surface area contributed by atoms with Gasteiger partial charge in [0.25, 0.3) is 0 Å². The molecule has 1 heterocycles. The first-order valence-corrected chi connectivity index (χ1v) is 12.9. The van der Waals surface area contributed by atoms with Gasteiger partial charge in [0.05, 0.1) is 12.2 Å². The third kappa shape index (κ3) is 4.33. The molecule has 0 atom stereocenters. The zero-order valence-corrected chi connectivity index (χ0v) is 21.6. The van der Waals surface area contributed by atoms with Crippen LogP contribution in [0.15, 0.2) is 137 Å². The van der Waals surface area contributed by atoms with Crippen LogP contribution < -0.4 is 4.90 Å². The van der Waals surface area contributed by atoms with Crippen molar-refractivity contribution in [1.29, 1.82) is 0 Å². The largest absolute Gasteiger partial charge is 0.316 e. The Balaban J connectivity index is 1.45. The van der Waals surface area contributed by atoms with E-state index in [2.05, 4.69) is 109 Å². The summed E-state index contributed by atoms with van der Waals surface area (Å²) in [6, 6.07) is 33.8. The fraction of sp³-hybridized carbons (Fsp3) is 0.0857. The highest BCUT2D eigenvalue weighted by molar-refractivity contribution is 6.01. The van der Waals surface area contributed by atoms with Crippen molar-refractivity contribution in [2.75, 3.05) is 4.90 Å². The Kier molecular flexibility index (Phi) is 6.19. The Hall–Kier alpha value is -4.76. The second-order valence-electron chi connectivity index (χ2n) is 9.76. The molecule has 0 unspecified atom stereocenters. The van der Waals surface area contributed by atoms with Crippen molar-refractivity contribution in [3.8, 4) is 11.1 Å². The van der Waals surface area contributed by atoms with Crippen molar-refractivity contribution in [1.82, 2.24) is 0 Å². The zero-order valence-electron chi connectivity index (χ0n) is 21.6. The maximum atomic E-state index is 4.77. The molecule has 0 aromatic heterocycles. The first-order chi connectivity index (χ1) is 18.6. The van der Waals surface area contributed by atoms with Gasteiger partial charge in [-0.3, -0.25) is 4.99 Å². The molecule has 0 spiro atoms. The molecule has 6 rings (SSSR count). The van der Waals surface area contributed by atoms with E-state index in [0.29, 0.717) is 12.4 Å². The van der Waals surface area contributed by atoms with Gasteiger partial charge in [0.2, 0.25) is 0 Å². The first kappa shape index (κ1) is 23.6. The lowest BCUT2D eigenvalue weighted by molar-refractivity contribution is 1.06. The Morgan fingerprint density at radius 2 is 1.63 bits per heavy atom. The second kappa shape index (κ2) is 9.95. The van der Waals surface area contributed by atoms with Crippen molar-refractivity contribution in [2.24, 2.45) is 9.98 Å². The number of rotatable bonds is 4. The van der Waals surface area contributed by atoms with Gasteiger partial charge in [0.15, 0.2) is 5.84 Å². The summed E-state index contributed by atoms with van der Waals surface area (Å²) in [6.07, 6.45) is 5.39. The van der Waals surface area contributed by atoms with Crippen LogP contribution in [0.3, 0.4) is 0 Å². The minimum absolute atomic E-state index is 0.519. The van der Waals surface area contributed by atoms with Crippen molar-refractivity contribution < 1.29 is 0 Å². The fourth-order valence-electron chi connectivity index (χ4n) is 5.42. The number of amidine groups is 1. The van der Waals surface area contributed by atoms with Gasteiger partial charge in [-0.15, -0.1) is 0 Å². The highest BCUT2D eigenvalue weighted by Crippen LogP contribution is 2.46. The minimum atomic E-state index is 0.519.